The molecule has 0 fully saturated rings. The summed E-state index contributed by atoms with van der Waals surface area (Å²) in [5, 5.41) is 23.5. The van der Waals surface area contributed by atoms with Crippen LogP contribution in [-0.2, 0) is 16.1 Å². The van der Waals surface area contributed by atoms with Crippen molar-refractivity contribution in [1.29, 1.82) is 0 Å². The van der Waals surface area contributed by atoms with Gasteiger partial charge in [0.1, 0.15) is 6.04 Å². The molecule has 0 saturated carbocycles. The molecular weight excluding hydrogens is 370 g/mol. The van der Waals surface area contributed by atoms with Crippen LogP contribution < -0.4 is 0 Å². The summed E-state index contributed by atoms with van der Waals surface area (Å²) in [6.07, 6.45) is 1.00. The van der Waals surface area contributed by atoms with Gasteiger partial charge < -0.3 is 10.0 Å². The van der Waals surface area contributed by atoms with Gasteiger partial charge in [-0.25, -0.2) is 4.79 Å². The summed E-state index contributed by atoms with van der Waals surface area (Å²) < 4.78 is 0. The SMILES string of the molecule is CCCC(=O)N(Cc1ccc(-c2ccccc2-c2nn[nH]n2)cc1)C(C)C(=O)O. The second-order valence-corrected chi connectivity index (χ2v) is 6.76. The van der Waals surface area contributed by atoms with Gasteiger partial charge in [0.25, 0.3) is 0 Å². The van der Waals surface area contributed by atoms with Gasteiger partial charge in [0.2, 0.25) is 11.7 Å². The molecule has 1 atom stereocenters. The van der Waals surface area contributed by atoms with Gasteiger partial charge in [-0.3, -0.25) is 4.79 Å². The van der Waals surface area contributed by atoms with Crippen LogP contribution in [0, 0.1) is 0 Å². The Morgan fingerprint density at radius 2 is 1.79 bits per heavy atom. The van der Waals surface area contributed by atoms with E-state index in [0.717, 1.165) is 22.3 Å². The molecule has 0 aliphatic carbocycles. The molecule has 0 radical (unpaired) electrons. The molecule has 3 rings (SSSR count). The molecule has 29 heavy (non-hydrogen) atoms. The topological polar surface area (TPSA) is 112 Å². The van der Waals surface area contributed by atoms with Gasteiger partial charge in [-0.2, -0.15) is 5.21 Å². The molecule has 1 unspecified atom stereocenters. The van der Waals surface area contributed by atoms with E-state index >= 15 is 0 Å². The van der Waals surface area contributed by atoms with Gasteiger partial charge in [-0.05, 0) is 35.2 Å². The molecule has 0 saturated heterocycles. The Bertz CT molecular complexity index is 970. The highest BCUT2D eigenvalue weighted by Crippen LogP contribution is 2.30. The van der Waals surface area contributed by atoms with Crippen LogP contribution in [-0.4, -0.2) is 48.5 Å². The number of aliphatic carboxylic acids is 1. The number of carboxylic acids is 1. The molecule has 150 valence electrons. The number of nitrogens with zero attached hydrogens (tertiary/aromatic N) is 4. The van der Waals surface area contributed by atoms with Crippen LogP contribution in [0.1, 0.15) is 32.3 Å². The third-order valence-electron chi connectivity index (χ3n) is 4.74. The van der Waals surface area contributed by atoms with Crippen LogP contribution in [0.3, 0.4) is 0 Å². The molecular formula is C21H23N5O3. The first-order valence-corrected chi connectivity index (χ1v) is 9.45. The average Bonchev–Trinajstić information content (AvgIpc) is 3.27. The Balaban J connectivity index is 1.85. The number of carbonyl (C=O) groups excluding carboxylic acids is 1. The van der Waals surface area contributed by atoms with Crippen LogP contribution in [0.15, 0.2) is 48.5 Å². The van der Waals surface area contributed by atoms with Crippen molar-refractivity contribution in [2.75, 3.05) is 0 Å². The molecule has 0 bridgehead atoms. The van der Waals surface area contributed by atoms with Crippen molar-refractivity contribution in [2.24, 2.45) is 0 Å². The van der Waals surface area contributed by atoms with Crippen LogP contribution in [0.4, 0.5) is 0 Å². The highest BCUT2D eigenvalue weighted by atomic mass is 16.4. The highest BCUT2D eigenvalue weighted by Gasteiger charge is 2.25. The van der Waals surface area contributed by atoms with E-state index in [1.54, 1.807) is 0 Å². The van der Waals surface area contributed by atoms with Crippen molar-refractivity contribution in [3.63, 3.8) is 0 Å². The number of aromatic nitrogens is 4. The Hall–Kier alpha value is -3.55. The summed E-state index contributed by atoms with van der Waals surface area (Å²) in [6, 6.07) is 14.6. The second kappa shape index (κ2) is 9.09. The largest absolute Gasteiger partial charge is 0.480 e. The minimum absolute atomic E-state index is 0.158. The monoisotopic (exact) mass is 393 g/mol. The number of hydrogen-bond donors (Lipinski definition) is 2. The molecule has 3 aromatic rings. The first-order chi connectivity index (χ1) is 14.0. The molecule has 8 nitrogen and oxygen atoms in total. The first kappa shape index (κ1) is 20.2. The van der Waals surface area contributed by atoms with Crippen LogP contribution in [0.25, 0.3) is 22.5 Å². The van der Waals surface area contributed by atoms with E-state index in [2.05, 4.69) is 20.6 Å². The zero-order valence-corrected chi connectivity index (χ0v) is 16.4. The summed E-state index contributed by atoms with van der Waals surface area (Å²) in [7, 11) is 0. The lowest BCUT2D eigenvalue weighted by molar-refractivity contribution is -0.150. The van der Waals surface area contributed by atoms with Crippen molar-refractivity contribution in [3.8, 4) is 22.5 Å². The standard InChI is InChI=1S/C21H23N5O3/c1-3-6-19(27)26(14(2)21(28)29)13-15-9-11-16(12-10-15)17-7-4-5-8-18(17)20-22-24-25-23-20/h4-5,7-12,14H,3,6,13H2,1-2H3,(H,28,29)(H,22,23,24,25). The first-order valence-electron chi connectivity index (χ1n) is 9.45. The predicted octanol–water partition coefficient (Wildman–Crippen LogP) is 3.14. The number of aromatic amines is 1. The quantitative estimate of drug-likeness (QED) is 0.608. The van der Waals surface area contributed by atoms with Gasteiger partial charge in [0.05, 0.1) is 0 Å². The van der Waals surface area contributed by atoms with E-state index in [1.165, 1.54) is 11.8 Å². The molecule has 1 amide bonds. The van der Waals surface area contributed by atoms with Gasteiger partial charge in [0.15, 0.2) is 0 Å². The van der Waals surface area contributed by atoms with Crippen LogP contribution in [0.2, 0.25) is 0 Å². The van der Waals surface area contributed by atoms with Crippen molar-refractivity contribution in [2.45, 2.75) is 39.3 Å². The summed E-state index contributed by atoms with van der Waals surface area (Å²) in [5.74, 6) is -0.662. The molecule has 1 heterocycles. The fourth-order valence-electron chi connectivity index (χ4n) is 3.12. The Labute approximate surface area is 168 Å². The summed E-state index contributed by atoms with van der Waals surface area (Å²) in [6.45, 7) is 3.68. The number of rotatable bonds is 8. The lowest BCUT2D eigenvalue weighted by atomic mass is 9.98. The van der Waals surface area contributed by atoms with Crippen molar-refractivity contribution < 1.29 is 14.7 Å². The zero-order valence-electron chi connectivity index (χ0n) is 16.4. The minimum Gasteiger partial charge on any atom is -0.480 e. The number of tetrazole rings is 1. The molecule has 2 aromatic carbocycles. The number of benzene rings is 2. The maximum atomic E-state index is 12.4. The van der Waals surface area contributed by atoms with Crippen LogP contribution >= 0.6 is 0 Å². The predicted molar refractivity (Wildman–Crippen MR) is 108 cm³/mol. The van der Waals surface area contributed by atoms with Crippen LogP contribution in [0.5, 0.6) is 0 Å². The third kappa shape index (κ3) is 4.66. The van der Waals surface area contributed by atoms with E-state index in [0.29, 0.717) is 18.7 Å². The second-order valence-electron chi connectivity index (χ2n) is 6.76. The van der Waals surface area contributed by atoms with Gasteiger partial charge in [0, 0.05) is 18.5 Å². The molecule has 2 N–H and O–H groups in total. The number of H-pyrrole nitrogens is 1. The minimum atomic E-state index is -1.01. The lowest BCUT2D eigenvalue weighted by Gasteiger charge is -2.26. The van der Waals surface area contributed by atoms with E-state index in [4.69, 9.17) is 0 Å². The highest BCUT2D eigenvalue weighted by molar-refractivity contribution is 5.83. The zero-order chi connectivity index (χ0) is 20.8. The number of amides is 1. The smallest absolute Gasteiger partial charge is 0.326 e. The van der Waals surface area contributed by atoms with E-state index in [-0.39, 0.29) is 12.5 Å². The van der Waals surface area contributed by atoms with Gasteiger partial charge in [-0.1, -0.05) is 55.5 Å². The Kier molecular flexibility index (Phi) is 6.33. The number of carboxylic acid groups (broad SMARTS) is 1. The summed E-state index contributed by atoms with van der Waals surface area (Å²) >= 11 is 0. The summed E-state index contributed by atoms with van der Waals surface area (Å²) in [5.41, 5.74) is 3.64. The average molecular weight is 393 g/mol. The Morgan fingerprint density at radius 3 is 2.38 bits per heavy atom. The number of carbonyl (C=O) groups is 2. The molecule has 8 heteroatoms. The molecule has 0 spiro atoms. The van der Waals surface area contributed by atoms with E-state index < -0.39 is 12.0 Å². The molecule has 0 aliphatic rings. The molecule has 1 aromatic heterocycles. The fourth-order valence-corrected chi connectivity index (χ4v) is 3.12. The number of nitrogens with one attached hydrogen (secondary N) is 1. The van der Waals surface area contributed by atoms with Gasteiger partial charge in [-0.15, -0.1) is 10.2 Å². The van der Waals surface area contributed by atoms with Crippen molar-refractivity contribution in [3.05, 3.63) is 54.1 Å². The third-order valence-corrected chi connectivity index (χ3v) is 4.74. The van der Waals surface area contributed by atoms with E-state index in [9.17, 15) is 14.7 Å². The van der Waals surface area contributed by atoms with Crippen molar-refractivity contribution >= 4 is 11.9 Å². The van der Waals surface area contributed by atoms with Crippen molar-refractivity contribution in [1.82, 2.24) is 25.5 Å². The molecule has 0 aliphatic heterocycles. The maximum absolute atomic E-state index is 12.4. The van der Waals surface area contributed by atoms with E-state index in [1.807, 2.05) is 55.5 Å². The Morgan fingerprint density at radius 1 is 1.10 bits per heavy atom. The number of hydrogen-bond acceptors (Lipinski definition) is 5. The normalized spacial score (nSPS) is 11.8. The fraction of sp³-hybridized carbons (Fsp3) is 0.286. The van der Waals surface area contributed by atoms with Gasteiger partial charge >= 0.3 is 5.97 Å². The lowest BCUT2D eigenvalue weighted by Crippen LogP contribution is -2.42. The summed E-state index contributed by atoms with van der Waals surface area (Å²) in [4.78, 5) is 25.2. The maximum Gasteiger partial charge on any atom is 0.326 e.